The number of ether oxygens (including phenoxy) is 1. The predicted octanol–water partition coefficient (Wildman–Crippen LogP) is 2.38. The van der Waals surface area contributed by atoms with Gasteiger partial charge in [0.1, 0.15) is 5.69 Å². The Bertz CT molecular complexity index is 772. The van der Waals surface area contributed by atoms with Crippen LogP contribution < -0.4 is 9.46 Å². The Morgan fingerprint density at radius 2 is 2.00 bits per heavy atom. The first-order valence-electron chi connectivity index (χ1n) is 6.74. The number of hydrogen-bond acceptors (Lipinski definition) is 4. The van der Waals surface area contributed by atoms with Crippen molar-refractivity contribution >= 4 is 15.7 Å². The van der Waals surface area contributed by atoms with E-state index in [1.54, 1.807) is 30.5 Å². The van der Waals surface area contributed by atoms with E-state index in [4.69, 9.17) is 4.74 Å². The first kappa shape index (κ1) is 13.9. The highest BCUT2D eigenvalue weighted by Gasteiger charge is 2.20. The van der Waals surface area contributed by atoms with E-state index in [1.165, 1.54) is 12.7 Å². The minimum atomic E-state index is -3.64. The molecule has 6 heteroatoms. The van der Waals surface area contributed by atoms with Gasteiger partial charge >= 0.3 is 0 Å². The Morgan fingerprint density at radius 1 is 1.19 bits per heavy atom. The van der Waals surface area contributed by atoms with Crippen molar-refractivity contribution in [2.75, 3.05) is 11.8 Å². The summed E-state index contributed by atoms with van der Waals surface area (Å²) in [4.78, 5) is 4.26. The second kappa shape index (κ2) is 5.37. The average molecular weight is 304 g/mol. The normalized spacial score (nSPS) is 13.8. The van der Waals surface area contributed by atoms with Crippen molar-refractivity contribution in [3.8, 4) is 5.88 Å². The van der Waals surface area contributed by atoms with Crippen molar-refractivity contribution in [1.29, 1.82) is 0 Å². The van der Waals surface area contributed by atoms with Crippen molar-refractivity contribution in [2.24, 2.45) is 0 Å². The van der Waals surface area contributed by atoms with Gasteiger partial charge in [0.15, 0.2) is 0 Å². The third kappa shape index (κ3) is 2.71. The van der Waals surface area contributed by atoms with Crippen LogP contribution in [0.25, 0.3) is 0 Å². The smallest absolute Gasteiger partial charge is 0.262 e. The minimum Gasteiger partial charge on any atom is -0.480 e. The predicted molar refractivity (Wildman–Crippen MR) is 80.1 cm³/mol. The molecule has 1 heterocycles. The van der Waals surface area contributed by atoms with Gasteiger partial charge in [-0.15, -0.1) is 0 Å². The molecule has 0 fully saturated rings. The zero-order valence-electron chi connectivity index (χ0n) is 11.7. The van der Waals surface area contributed by atoms with Gasteiger partial charge in [0.05, 0.1) is 12.0 Å². The molecule has 2 aromatic rings. The van der Waals surface area contributed by atoms with E-state index < -0.39 is 10.0 Å². The van der Waals surface area contributed by atoms with Crippen LogP contribution in [-0.2, 0) is 22.9 Å². The fraction of sp³-hybridized carbons (Fsp3) is 0.267. The molecule has 5 nitrogen and oxygen atoms in total. The molecule has 3 rings (SSSR count). The summed E-state index contributed by atoms with van der Waals surface area (Å²) in [6.45, 7) is 0. The number of aryl methyl sites for hydroxylation is 2. The molecule has 0 saturated carbocycles. The lowest BCUT2D eigenvalue weighted by molar-refractivity contribution is 0.400. The molecule has 0 atom stereocenters. The van der Waals surface area contributed by atoms with Gasteiger partial charge in [-0.05, 0) is 54.7 Å². The van der Waals surface area contributed by atoms with E-state index in [0.717, 1.165) is 24.8 Å². The maximum atomic E-state index is 12.5. The molecule has 110 valence electrons. The van der Waals surface area contributed by atoms with Crippen LogP contribution in [0.1, 0.15) is 17.5 Å². The summed E-state index contributed by atoms with van der Waals surface area (Å²) in [5.74, 6) is 0.252. The van der Waals surface area contributed by atoms with Crippen molar-refractivity contribution in [3.63, 3.8) is 0 Å². The summed E-state index contributed by atoms with van der Waals surface area (Å²) < 4.78 is 32.5. The third-order valence-corrected chi connectivity index (χ3v) is 4.95. The highest BCUT2D eigenvalue weighted by molar-refractivity contribution is 7.92. The molecule has 0 aliphatic heterocycles. The SMILES string of the molecule is COc1ncccc1NS(=O)(=O)c1ccc2c(c1)CCC2. The number of anilines is 1. The van der Waals surface area contributed by atoms with Crippen LogP contribution >= 0.6 is 0 Å². The van der Waals surface area contributed by atoms with Gasteiger partial charge in [0, 0.05) is 6.20 Å². The molecule has 0 spiro atoms. The van der Waals surface area contributed by atoms with Gasteiger partial charge in [-0.1, -0.05) is 6.07 Å². The van der Waals surface area contributed by atoms with Gasteiger partial charge in [0.25, 0.3) is 10.0 Å². The molecular formula is C15H16N2O3S. The van der Waals surface area contributed by atoms with Crippen LogP contribution in [0.15, 0.2) is 41.4 Å². The molecule has 0 radical (unpaired) electrons. The van der Waals surface area contributed by atoms with Crippen molar-refractivity contribution in [3.05, 3.63) is 47.7 Å². The van der Waals surface area contributed by atoms with Gasteiger partial charge in [-0.2, -0.15) is 0 Å². The molecule has 1 aromatic carbocycles. The summed E-state index contributed by atoms with van der Waals surface area (Å²) >= 11 is 0. The second-order valence-corrected chi connectivity index (χ2v) is 6.63. The number of nitrogens with zero attached hydrogens (tertiary/aromatic N) is 1. The average Bonchev–Trinajstić information content (AvgIpc) is 2.95. The van der Waals surface area contributed by atoms with E-state index in [9.17, 15) is 8.42 Å². The topological polar surface area (TPSA) is 68.3 Å². The Labute approximate surface area is 124 Å². The summed E-state index contributed by atoms with van der Waals surface area (Å²) in [7, 11) is -2.18. The Morgan fingerprint density at radius 3 is 2.81 bits per heavy atom. The largest absolute Gasteiger partial charge is 0.480 e. The summed E-state index contributed by atoms with van der Waals surface area (Å²) in [5, 5.41) is 0. The molecular weight excluding hydrogens is 288 g/mol. The molecule has 0 unspecified atom stereocenters. The fourth-order valence-corrected chi connectivity index (χ4v) is 3.66. The first-order chi connectivity index (χ1) is 10.1. The van der Waals surface area contributed by atoms with E-state index in [-0.39, 0.29) is 10.8 Å². The number of benzene rings is 1. The Hall–Kier alpha value is -2.08. The maximum Gasteiger partial charge on any atom is 0.262 e. The van der Waals surface area contributed by atoms with Crippen LogP contribution in [0.4, 0.5) is 5.69 Å². The van der Waals surface area contributed by atoms with E-state index in [0.29, 0.717) is 5.69 Å². The summed E-state index contributed by atoms with van der Waals surface area (Å²) in [5.41, 5.74) is 2.70. The number of sulfonamides is 1. The van der Waals surface area contributed by atoms with Crippen LogP contribution in [0.5, 0.6) is 5.88 Å². The lowest BCUT2D eigenvalue weighted by Gasteiger charge is -2.11. The molecule has 1 aromatic heterocycles. The zero-order valence-corrected chi connectivity index (χ0v) is 12.5. The van der Waals surface area contributed by atoms with Crippen molar-refractivity contribution in [2.45, 2.75) is 24.2 Å². The molecule has 1 N–H and O–H groups in total. The van der Waals surface area contributed by atoms with Gasteiger partial charge in [0.2, 0.25) is 5.88 Å². The van der Waals surface area contributed by atoms with Crippen molar-refractivity contribution in [1.82, 2.24) is 4.98 Å². The van der Waals surface area contributed by atoms with Crippen LogP contribution in [0.2, 0.25) is 0 Å². The van der Waals surface area contributed by atoms with Crippen LogP contribution in [0, 0.1) is 0 Å². The molecule has 0 saturated heterocycles. The summed E-state index contributed by atoms with van der Waals surface area (Å²) in [6, 6.07) is 8.58. The maximum absolute atomic E-state index is 12.5. The number of pyridine rings is 1. The minimum absolute atomic E-state index is 0.252. The lowest BCUT2D eigenvalue weighted by atomic mass is 10.1. The molecule has 21 heavy (non-hydrogen) atoms. The third-order valence-electron chi connectivity index (χ3n) is 3.59. The van der Waals surface area contributed by atoms with Crippen molar-refractivity contribution < 1.29 is 13.2 Å². The monoisotopic (exact) mass is 304 g/mol. The zero-order chi connectivity index (χ0) is 14.9. The molecule has 0 amide bonds. The molecule has 1 aliphatic rings. The molecule has 0 bridgehead atoms. The number of fused-ring (bicyclic) bond motifs is 1. The quantitative estimate of drug-likeness (QED) is 0.941. The number of rotatable bonds is 4. The standard InChI is InChI=1S/C15H16N2O3S/c1-20-15-14(6-3-9-16-15)17-21(18,19)13-8-7-11-4-2-5-12(11)10-13/h3,6-10,17H,2,4-5H2,1H3. The Kier molecular flexibility index (Phi) is 3.55. The number of hydrogen-bond donors (Lipinski definition) is 1. The van der Waals surface area contributed by atoms with Gasteiger partial charge in [-0.25, -0.2) is 13.4 Å². The highest BCUT2D eigenvalue weighted by atomic mass is 32.2. The fourth-order valence-electron chi connectivity index (χ4n) is 2.55. The van der Waals surface area contributed by atoms with Crippen LogP contribution in [0.3, 0.4) is 0 Å². The number of methoxy groups -OCH3 is 1. The second-order valence-electron chi connectivity index (χ2n) is 4.95. The first-order valence-corrected chi connectivity index (χ1v) is 8.22. The highest BCUT2D eigenvalue weighted by Crippen LogP contribution is 2.27. The Balaban J connectivity index is 1.94. The number of aromatic nitrogens is 1. The lowest BCUT2D eigenvalue weighted by Crippen LogP contribution is -2.14. The van der Waals surface area contributed by atoms with E-state index in [1.807, 2.05) is 6.07 Å². The van der Waals surface area contributed by atoms with Gasteiger partial charge in [-0.3, -0.25) is 4.72 Å². The van der Waals surface area contributed by atoms with E-state index in [2.05, 4.69) is 9.71 Å². The summed E-state index contributed by atoms with van der Waals surface area (Å²) in [6.07, 6.45) is 4.60. The molecule has 1 aliphatic carbocycles. The van der Waals surface area contributed by atoms with Gasteiger partial charge < -0.3 is 4.74 Å². The number of nitrogens with one attached hydrogen (secondary N) is 1. The van der Waals surface area contributed by atoms with Crippen LogP contribution in [-0.4, -0.2) is 20.5 Å². The van der Waals surface area contributed by atoms with E-state index >= 15 is 0 Å².